The van der Waals surface area contributed by atoms with Crippen molar-refractivity contribution in [1.29, 1.82) is 0 Å². The Kier molecular flexibility index (Phi) is 5.88. The van der Waals surface area contributed by atoms with Crippen LogP contribution in [0.3, 0.4) is 0 Å². The van der Waals surface area contributed by atoms with E-state index >= 15 is 0 Å². The average molecular weight is 428 g/mol. The van der Waals surface area contributed by atoms with Gasteiger partial charge in [-0.05, 0) is 47.5 Å². The van der Waals surface area contributed by atoms with Gasteiger partial charge in [-0.2, -0.15) is 18.2 Å². The van der Waals surface area contributed by atoms with Crippen molar-refractivity contribution in [2.45, 2.75) is 12.8 Å². The average Bonchev–Trinajstić information content (AvgIpc) is 3.16. The predicted molar refractivity (Wildman–Crippen MR) is 110 cm³/mol. The molecular formula is C22H19F3N4O2. The van der Waals surface area contributed by atoms with Crippen molar-refractivity contribution in [3.63, 3.8) is 0 Å². The number of hydrogen-bond donors (Lipinski definition) is 2. The summed E-state index contributed by atoms with van der Waals surface area (Å²) in [6.07, 6.45) is -2.71. The molecule has 2 aromatic carbocycles. The van der Waals surface area contributed by atoms with Crippen LogP contribution in [0.1, 0.15) is 11.1 Å². The first-order valence-corrected chi connectivity index (χ1v) is 9.51. The fraction of sp³-hybridized carbons (Fsp3) is 0.182. The van der Waals surface area contributed by atoms with E-state index in [4.69, 9.17) is 9.84 Å². The fourth-order valence-corrected chi connectivity index (χ4v) is 3.17. The Bertz CT molecular complexity index is 1190. The maximum Gasteiger partial charge on any atom is 0.416 e. The molecule has 4 rings (SSSR count). The number of aliphatic hydroxyl groups is 1. The van der Waals surface area contributed by atoms with Gasteiger partial charge in [0.15, 0.2) is 5.65 Å². The Morgan fingerprint density at radius 2 is 1.87 bits per heavy atom. The summed E-state index contributed by atoms with van der Waals surface area (Å²) < 4.78 is 45.8. The molecule has 0 fully saturated rings. The molecule has 0 aliphatic carbocycles. The number of hydrogen-bond acceptors (Lipinski definition) is 5. The molecule has 6 nitrogen and oxygen atoms in total. The summed E-state index contributed by atoms with van der Waals surface area (Å²) in [6, 6.07) is 16.3. The molecule has 0 atom stereocenters. The van der Waals surface area contributed by atoms with Gasteiger partial charge in [-0.3, -0.25) is 0 Å². The summed E-state index contributed by atoms with van der Waals surface area (Å²) in [7, 11) is 0. The summed E-state index contributed by atoms with van der Waals surface area (Å²) in [5.74, 6) is 0.189. The smallest absolute Gasteiger partial charge is 0.394 e. The molecule has 0 saturated heterocycles. The summed E-state index contributed by atoms with van der Waals surface area (Å²) in [4.78, 5) is 4.48. The molecule has 2 N–H and O–H groups in total. The Morgan fingerprint density at radius 3 is 2.68 bits per heavy atom. The van der Waals surface area contributed by atoms with Crippen molar-refractivity contribution in [1.82, 2.24) is 14.6 Å². The van der Waals surface area contributed by atoms with E-state index in [1.54, 1.807) is 10.7 Å². The third-order valence-corrected chi connectivity index (χ3v) is 4.55. The van der Waals surface area contributed by atoms with Crippen LogP contribution in [0.25, 0.3) is 16.8 Å². The van der Waals surface area contributed by atoms with Crippen LogP contribution in [0, 0.1) is 0 Å². The van der Waals surface area contributed by atoms with Gasteiger partial charge in [0.1, 0.15) is 0 Å². The van der Waals surface area contributed by atoms with Gasteiger partial charge in [0.2, 0.25) is 5.95 Å². The van der Waals surface area contributed by atoms with E-state index in [9.17, 15) is 13.2 Å². The summed E-state index contributed by atoms with van der Waals surface area (Å²) in [5.41, 5.74) is 2.71. The molecule has 0 amide bonds. The van der Waals surface area contributed by atoms with Crippen LogP contribution in [0.15, 0.2) is 66.9 Å². The number of aliphatic hydroxyl groups excluding tert-OH is 1. The quantitative estimate of drug-likeness (QED) is 0.419. The number of anilines is 2. The zero-order valence-electron chi connectivity index (χ0n) is 16.3. The second-order valence-electron chi connectivity index (χ2n) is 6.81. The van der Waals surface area contributed by atoms with Gasteiger partial charge in [-0.25, -0.2) is 4.52 Å². The lowest BCUT2D eigenvalue weighted by Crippen LogP contribution is -2.05. The maximum absolute atomic E-state index is 13.0. The zero-order chi connectivity index (χ0) is 21.8. The van der Waals surface area contributed by atoms with Gasteiger partial charge < -0.3 is 15.2 Å². The van der Waals surface area contributed by atoms with Gasteiger partial charge in [0.05, 0.1) is 25.4 Å². The highest BCUT2D eigenvalue weighted by Crippen LogP contribution is 2.31. The maximum atomic E-state index is 13.0. The topological polar surface area (TPSA) is 71.7 Å². The SMILES string of the molecule is OCCOCc1cccc(-c2cccn3nc(Nc4cccc(C(F)(F)F)c4)nc23)c1. The highest BCUT2D eigenvalue weighted by atomic mass is 19.4. The highest BCUT2D eigenvalue weighted by Gasteiger charge is 2.30. The van der Waals surface area contributed by atoms with Gasteiger partial charge in [0, 0.05) is 17.4 Å². The molecule has 0 radical (unpaired) electrons. The molecule has 0 unspecified atom stereocenters. The van der Waals surface area contributed by atoms with Crippen LogP contribution < -0.4 is 5.32 Å². The van der Waals surface area contributed by atoms with Crippen molar-refractivity contribution < 1.29 is 23.0 Å². The molecule has 0 aliphatic rings. The number of alkyl halides is 3. The third-order valence-electron chi connectivity index (χ3n) is 4.55. The van der Waals surface area contributed by atoms with Crippen LogP contribution in [0.5, 0.6) is 0 Å². The Hall–Kier alpha value is -3.43. The Balaban J connectivity index is 1.63. The number of benzene rings is 2. The molecule has 2 heterocycles. The van der Waals surface area contributed by atoms with E-state index in [1.807, 2.05) is 36.4 Å². The standard InChI is InChI=1S/C22H19F3N4O2/c23-22(24,25)17-6-2-7-18(13-17)26-21-27-20-19(8-3-9-29(20)28-21)16-5-1-4-15(12-16)14-31-11-10-30/h1-9,12-13,30H,10-11,14H2,(H,26,28). The second-order valence-corrected chi connectivity index (χ2v) is 6.81. The minimum Gasteiger partial charge on any atom is -0.394 e. The van der Waals surface area contributed by atoms with E-state index in [0.29, 0.717) is 12.3 Å². The number of halogens is 3. The minimum absolute atomic E-state index is 0.0413. The predicted octanol–water partition coefficient (Wildman–Crippen LogP) is 4.67. The Labute approximate surface area is 175 Å². The normalized spacial score (nSPS) is 11.7. The lowest BCUT2D eigenvalue weighted by molar-refractivity contribution is -0.137. The number of fused-ring (bicyclic) bond motifs is 1. The second kappa shape index (κ2) is 8.75. The van der Waals surface area contributed by atoms with Crippen molar-refractivity contribution >= 4 is 17.3 Å². The van der Waals surface area contributed by atoms with Gasteiger partial charge >= 0.3 is 6.18 Å². The number of pyridine rings is 1. The lowest BCUT2D eigenvalue weighted by Gasteiger charge is -2.08. The number of nitrogens with zero attached hydrogens (tertiary/aromatic N) is 3. The van der Waals surface area contributed by atoms with E-state index in [0.717, 1.165) is 28.8 Å². The van der Waals surface area contributed by atoms with Gasteiger partial charge in [-0.15, -0.1) is 5.10 Å². The van der Waals surface area contributed by atoms with E-state index in [-0.39, 0.29) is 24.8 Å². The third kappa shape index (κ3) is 4.84. The molecule has 9 heteroatoms. The molecule has 0 saturated carbocycles. The molecule has 0 bridgehead atoms. The van der Waals surface area contributed by atoms with Crippen LogP contribution in [-0.4, -0.2) is 32.9 Å². The van der Waals surface area contributed by atoms with Crippen molar-refractivity contribution in [3.05, 3.63) is 78.0 Å². The summed E-state index contributed by atoms with van der Waals surface area (Å²) in [6.45, 7) is 0.585. The molecule has 2 aromatic heterocycles. The van der Waals surface area contributed by atoms with Gasteiger partial charge in [0.25, 0.3) is 0 Å². The summed E-state index contributed by atoms with van der Waals surface area (Å²) in [5, 5.41) is 16.0. The molecule has 160 valence electrons. The largest absolute Gasteiger partial charge is 0.416 e. The zero-order valence-corrected chi connectivity index (χ0v) is 16.3. The van der Waals surface area contributed by atoms with Crippen LogP contribution >= 0.6 is 0 Å². The molecule has 4 aromatic rings. The molecule has 0 spiro atoms. The first-order chi connectivity index (χ1) is 14.9. The van der Waals surface area contributed by atoms with Crippen molar-refractivity contribution in [3.8, 4) is 11.1 Å². The lowest BCUT2D eigenvalue weighted by atomic mass is 10.0. The molecular weight excluding hydrogens is 409 g/mol. The monoisotopic (exact) mass is 428 g/mol. The number of nitrogens with one attached hydrogen (secondary N) is 1. The first-order valence-electron chi connectivity index (χ1n) is 9.51. The first kappa shape index (κ1) is 20.8. The minimum atomic E-state index is -4.43. The van der Waals surface area contributed by atoms with Crippen molar-refractivity contribution in [2.75, 3.05) is 18.5 Å². The Morgan fingerprint density at radius 1 is 1.03 bits per heavy atom. The van der Waals surface area contributed by atoms with E-state index in [2.05, 4.69) is 15.4 Å². The number of rotatable bonds is 7. The molecule has 31 heavy (non-hydrogen) atoms. The van der Waals surface area contributed by atoms with Crippen molar-refractivity contribution in [2.24, 2.45) is 0 Å². The summed E-state index contributed by atoms with van der Waals surface area (Å²) >= 11 is 0. The van der Waals surface area contributed by atoms with E-state index in [1.165, 1.54) is 12.1 Å². The fourth-order valence-electron chi connectivity index (χ4n) is 3.17. The van der Waals surface area contributed by atoms with Crippen LogP contribution in [0.4, 0.5) is 24.8 Å². The van der Waals surface area contributed by atoms with Gasteiger partial charge in [-0.1, -0.05) is 24.3 Å². The van der Waals surface area contributed by atoms with Crippen LogP contribution in [0.2, 0.25) is 0 Å². The number of ether oxygens (including phenoxy) is 1. The molecule has 0 aliphatic heterocycles. The highest BCUT2D eigenvalue weighted by molar-refractivity contribution is 5.78. The van der Waals surface area contributed by atoms with E-state index < -0.39 is 11.7 Å². The number of aromatic nitrogens is 3. The van der Waals surface area contributed by atoms with Crippen LogP contribution in [-0.2, 0) is 17.5 Å².